The summed E-state index contributed by atoms with van der Waals surface area (Å²) >= 11 is 3.40. The van der Waals surface area contributed by atoms with Crippen LogP contribution in [0, 0.1) is 11.3 Å². The molecule has 2 aromatic rings. The molecule has 0 aliphatic rings. The second-order valence-corrected chi connectivity index (χ2v) is 5.81. The van der Waals surface area contributed by atoms with Gasteiger partial charge in [0, 0.05) is 16.1 Å². The van der Waals surface area contributed by atoms with Gasteiger partial charge in [0.25, 0.3) is 5.91 Å². The first-order chi connectivity index (χ1) is 10.1. The number of carbonyl (C=O) groups is 1. The highest BCUT2D eigenvalue weighted by Gasteiger charge is 2.10. The van der Waals surface area contributed by atoms with Crippen LogP contribution in [0.4, 0.5) is 0 Å². The largest absolute Gasteiger partial charge is 0.349 e. The van der Waals surface area contributed by atoms with Gasteiger partial charge in [0.1, 0.15) is 0 Å². The van der Waals surface area contributed by atoms with Gasteiger partial charge >= 0.3 is 0 Å². The highest BCUT2D eigenvalue weighted by molar-refractivity contribution is 9.10. The van der Waals surface area contributed by atoms with Crippen LogP contribution in [-0.2, 0) is 6.42 Å². The molecular formula is C17H15BrN2O. The summed E-state index contributed by atoms with van der Waals surface area (Å²) in [4.78, 5) is 12.1. The summed E-state index contributed by atoms with van der Waals surface area (Å²) in [6, 6.07) is 16.8. The fraction of sp³-hybridized carbons (Fsp3) is 0.176. The summed E-state index contributed by atoms with van der Waals surface area (Å²) in [7, 11) is 0. The lowest BCUT2D eigenvalue weighted by Crippen LogP contribution is -2.34. The van der Waals surface area contributed by atoms with Gasteiger partial charge in [-0.15, -0.1) is 0 Å². The maximum absolute atomic E-state index is 12.1. The zero-order valence-electron chi connectivity index (χ0n) is 11.6. The van der Waals surface area contributed by atoms with Crippen molar-refractivity contribution in [2.45, 2.75) is 19.4 Å². The van der Waals surface area contributed by atoms with Gasteiger partial charge in [-0.25, -0.2) is 0 Å². The highest BCUT2D eigenvalue weighted by atomic mass is 79.9. The average molecular weight is 343 g/mol. The maximum Gasteiger partial charge on any atom is 0.251 e. The Balaban J connectivity index is 1.95. The molecule has 106 valence electrons. The quantitative estimate of drug-likeness (QED) is 0.921. The van der Waals surface area contributed by atoms with Crippen LogP contribution < -0.4 is 5.32 Å². The molecule has 0 radical (unpaired) electrons. The third-order valence-electron chi connectivity index (χ3n) is 3.11. The van der Waals surface area contributed by atoms with Gasteiger partial charge in [-0.05, 0) is 55.3 Å². The molecule has 1 atom stereocenters. The zero-order chi connectivity index (χ0) is 15.2. The molecular weight excluding hydrogens is 328 g/mol. The topological polar surface area (TPSA) is 52.9 Å². The first-order valence-electron chi connectivity index (χ1n) is 6.64. The average Bonchev–Trinajstić information content (AvgIpc) is 2.49. The molecule has 0 aromatic heterocycles. The molecule has 2 rings (SSSR count). The minimum atomic E-state index is -0.121. The number of hydrogen-bond acceptors (Lipinski definition) is 2. The van der Waals surface area contributed by atoms with Crippen LogP contribution in [0.5, 0.6) is 0 Å². The Hall–Kier alpha value is -2.12. The Kier molecular flexibility index (Phi) is 5.13. The van der Waals surface area contributed by atoms with Crippen molar-refractivity contribution in [1.29, 1.82) is 5.26 Å². The van der Waals surface area contributed by atoms with E-state index >= 15 is 0 Å². The van der Waals surface area contributed by atoms with Crippen LogP contribution in [0.1, 0.15) is 28.4 Å². The lowest BCUT2D eigenvalue weighted by molar-refractivity contribution is 0.0940. The highest BCUT2D eigenvalue weighted by Crippen LogP contribution is 2.12. The summed E-state index contributed by atoms with van der Waals surface area (Å²) < 4.78 is 1.04. The van der Waals surface area contributed by atoms with Crippen molar-refractivity contribution < 1.29 is 4.79 Å². The molecule has 0 spiro atoms. The molecule has 0 aliphatic carbocycles. The van der Waals surface area contributed by atoms with E-state index < -0.39 is 0 Å². The standard InChI is InChI=1S/C17H15BrN2O/c1-12(10-13-4-8-16(18)9-5-13)20-17(21)15-6-2-14(11-19)3-7-15/h2-9,12H,10H2,1H3,(H,20,21)/t12-/m0/s1. The van der Waals surface area contributed by atoms with Crippen LogP contribution in [0.15, 0.2) is 53.0 Å². The fourth-order valence-corrected chi connectivity index (χ4v) is 2.29. The van der Waals surface area contributed by atoms with Gasteiger partial charge in [-0.1, -0.05) is 28.1 Å². The third-order valence-corrected chi connectivity index (χ3v) is 3.64. The Morgan fingerprint density at radius 1 is 1.19 bits per heavy atom. The van der Waals surface area contributed by atoms with E-state index in [1.165, 1.54) is 5.56 Å². The predicted molar refractivity (Wildman–Crippen MR) is 85.9 cm³/mol. The summed E-state index contributed by atoms with van der Waals surface area (Å²) in [6.45, 7) is 1.98. The van der Waals surface area contributed by atoms with Crippen molar-refractivity contribution in [3.05, 3.63) is 69.7 Å². The molecule has 1 N–H and O–H groups in total. The molecule has 1 amide bonds. The number of benzene rings is 2. The van der Waals surface area contributed by atoms with Gasteiger partial charge in [0.05, 0.1) is 11.6 Å². The zero-order valence-corrected chi connectivity index (χ0v) is 13.2. The monoisotopic (exact) mass is 342 g/mol. The first kappa shape index (κ1) is 15.3. The van der Waals surface area contributed by atoms with E-state index in [9.17, 15) is 4.79 Å². The summed E-state index contributed by atoms with van der Waals surface area (Å²) in [6.07, 6.45) is 0.773. The third kappa shape index (κ3) is 4.44. The van der Waals surface area contributed by atoms with E-state index in [1.807, 2.05) is 37.3 Å². The number of halogens is 1. The van der Waals surface area contributed by atoms with Crippen LogP contribution in [0.3, 0.4) is 0 Å². The SMILES string of the molecule is C[C@@H](Cc1ccc(Br)cc1)NC(=O)c1ccc(C#N)cc1. The van der Waals surface area contributed by atoms with Crippen molar-refractivity contribution in [3.8, 4) is 6.07 Å². The van der Waals surface area contributed by atoms with Gasteiger partial charge < -0.3 is 5.32 Å². The van der Waals surface area contributed by atoms with Crippen molar-refractivity contribution in [2.75, 3.05) is 0 Å². The van der Waals surface area contributed by atoms with Crippen molar-refractivity contribution in [2.24, 2.45) is 0 Å². The first-order valence-corrected chi connectivity index (χ1v) is 7.43. The van der Waals surface area contributed by atoms with Crippen molar-refractivity contribution in [3.63, 3.8) is 0 Å². The molecule has 0 aliphatic heterocycles. The van der Waals surface area contributed by atoms with Crippen LogP contribution in [0.2, 0.25) is 0 Å². The predicted octanol–water partition coefficient (Wildman–Crippen LogP) is 3.68. The van der Waals surface area contributed by atoms with Crippen molar-refractivity contribution in [1.82, 2.24) is 5.32 Å². The van der Waals surface area contributed by atoms with E-state index in [0.29, 0.717) is 11.1 Å². The van der Waals surface area contributed by atoms with Crippen molar-refractivity contribution >= 4 is 21.8 Å². The van der Waals surface area contributed by atoms with E-state index in [4.69, 9.17) is 5.26 Å². The summed E-state index contributed by atoms with van der Waals surface area (Å²) in [5, 5.41) is 11.7. The molecule has 0 unspecified atom stereocenters. The van der Waals surface area contributed by atoms with Gasteiger partial charge in [-0.3, -0.25) is 4.79 Å². The van der Waals surface area contributed by atoms with Crippen LogP contribution in [0.25, 0.3) is 0 Å². The molecule has 3 nitrogen and oxygen atoms in total. The second-order valence-electron chi connectivity index (χ2n) is 4.89. The lowest BCUT2D eigenvalue weighted by atomic mass is 10.1. The Morgan fingerprint density at radius 3 is 2.38 bits per heavy atom. The molecule has 0 saturated heterocycles. The van der Waals surface area contributed by atoms with E-state index in [0.717, 1.165) is 10.9 Å². The number of nitrogens with zero attached hydrogens (tertiary/aromatic N) is 1. The smallest absolute Gasteiger partial charge is 0.251 e. The Labute approximate surface area is 132 Å². The Morgan fingerprint density at radius 2 is 1.81 bits per heavy atom. The molecule has 21 heavy (non-hydrogen) atoms. The molecule has 0 heterocycles. The summed E-state index contributed by atoms with van der Waals surface area (Å²) in [5.74, 6) is -0.121. The van der Waals surface area contributed by atoms with E-state index in [-0.39, 0.29) is 11.9 Å². The van der Waals surface area contributed by atoms with Gasteiger partial charge in [0.15, 0.2) is 0 Å². The normalized spacial score (nSPS) is 11.5. The molecule has 0 bridgehead atoms. The minimum Gasteiger partial charge on any atom is -0.349 e. The summed E-state index contributed by atoms with van der Waals surface area (Å²) in [5.41, 5.74) is 2.29. The number of amides is 1. The number of rotatable bonds is 4. The van der Waals surface area contributed by atoms with Crippen LogP contribution >= 0.6 is 15.9 Å². The lowest BCUT2D eigenvalue weighted by Gasteiger charge is -2.14. The molecule has 0 fully saturated rings. The Bertz CT molecular complexity index is 657. The fourth-order valence-electron chi connectivity index (χ4n) is 2.03. The minimum absolute atomic E-state index is 0.0364. The van der Waals surface area contributed by atoms with Gasteiger partial charge in [-0.2, -0.15) is 5.26 Å². The van der Waals surface area contributed by atoms with Gasteiger partial charge in [0.2, 0.25) is 0 Å². The maximum atomic E-state index is 12.1. The molecule has 4 heteroatoms. The van der Waals surface area contributed by atoms with Crippen LogP contribution in [-0.4, -0.2) is 11.9 Å². The number of nitrogens with one attached hydrogen (secondary N) is 1. The number of nitriles is 1. The van der Waals surface area contributed by atoms with E-state index in [2.05, 4.69) is 21.2 Å². The number of carbonyl (C=O) groups excluding carboxylic acids is 1. The second kappa shape index (κ2) is 7.05. The molecule has 2 aromatic carbocycles. The van der Waals surface area contributed by atoms with E-state index in [1.54, 1.807) is 24.3 Å². The number of hydrogen-bond donors (Lipinski definition) is 1. The molecule has 0 saturated carbocycles.